The molecular formula is C17H34N2O. The molecule has 0 aromatic rings. The molecule has 20 heavy (non-hydrogen) atoms. The van der Waals surface area contributed by atoms with Crippen LogP contribution in [0.4, 0.5) is 0 Å². The van der Waals surface area contributed by atoms with Gasteiger partial charge in [0.15, 0.2) is 0 Å². The van der Waals surface area contributed by atoms with E-state index < -0.39 is 0 Å². The van der Waals surface area contributed by atoms with Gasteiger partial charge in [0.1, 0.15) is 0 Å². The van der Waals surface area contributed by atoms with Gasteiger partial charge in [-0.15, -0.1) is 0 Å². The lowest BCUT2D eigenvalue weighted by molar-refractivity contribution is -0.121. The van der Waals surface area contributed by atoms with Gasteiger partial charge in [-0.3, -0.25) is 4.79 Å². The van der Waals surface area contributed by atoms with Crippen molar-refractivity contribution in [1.29, 1.82) is 0 Å². The van der Waals surface area contributed by atoms with Gasteiger partial charge >= 0.3 is 0 Å². The molecule has 0 aliphatic rings. The lowest BCUT2D eigenvalue weighted by Crippen LogP contribution is -2.16. The summed E-state index contributed by atoms with van der Waals surface area (Å²) in [6, 6.07) is 0. The van der Waals surface area contributed by atoms with Gasteiger partial charge in [0.2, 0.25) is 5.91 Å². The summed E-state index contributed by atoms with van der Waals surface area (Å²) in [4.78, 5) is 11.5. The first-order valence-electron chi connectivity index (χ1n) is 8.47. The average molecular weight is 282 g/mol. The molecule has 0 atom stereocenters. The zero-order chi connectivity index (χ0) is 15.1. The number of rotatable bonds is 13. The highest BCUT2D eigenvalue weighted by Crippen LogP contribution is 2.10. The van der Waals surface area contributed by atoms with Crippen molar-refractivity contribution < 1.29 is 4.79 Å². The van der Waals surface area contributed by atoms with E-state index in [1.165, 1.54) is 44.9 Å². The number of nitrogens with zero attached hydrogens (tertiary/aromatic N) is 1. The van der Waals surface area contributed by atoms with Gasteiger partial charge in [0.25, 0.3) is 0 Å². The molecule has 3 nitrogen and oxygen atoms in total. The third-order valence-electron chi connectivity index (χ3n) is 3.36. The molecule has 0 aliphatic carbocycles. The standard InChI is InChI=1S/C17H34N2O/c1-4-5-6-7-8-9-10-11-12-13-17(20)19-18-15-14-16(2)3/h15-16H,4-14H2,1-3H3,(H,19,20)/b18-15-. The predicted molar refractivity (Wildman–Crippen MR) is 87.9 cm³/mol. The minimum atomic E-state index is 0.0490. The van der Waals surface area contributed by atoms with Crippen LogP contribution in [0.5, 0.6) is 0 Å². The number of carbonyl (C=O) groups excluding carboxylic acids is 1. The lowest BCUT2D eigenvalue weighted by atomic mass is 10.1. The topological polar surface area (TPSA) is 41.5 Å². The number of nitrogens with one attached hydrogen (secondary N) is 1. The maximum absolute atomic E-state index is 11.5. The molecule has 1 N–H and O–H groups in total. The molecule has 0 bridgehead atoms. The van der Waals surface area contributed by atoms with Crippen LogP contribution in [0, 0.1) is 5.92 Å². The SMILES string of the molecule is CCCCCCCCCCCC(=O)N/N=C\CC(C)C. The minimum absolute atomic E-state index is 0.0490. The smallest absolute Gasteiger partial charge is 0.240 e. The largest absolute Gasteiger partial charge is 0.273 e. The molecule has 0 aromatic carbocycles. The molecule has 0 heterocycles. The zero-order valence-electron chi connectivity index (χ0n) is 13.8. The Labute approximate surface area is 125 Å². The van der Waals surface area contributed by atoms with Crippen molar-refractivity contribution in [3.05, 3.63) is 0 Å². The lowest BCUT2D eigenvalue weighted by Gasteiger charge is -2.02. The van der Waals surface area contributed by atoms with Crippen molar-refractivity contribution in [2.24, 2.45) is 11.0 Å². The highest BCUT2D eigenvalue weighted by atomic mass is 16.2. The van der Waals surface area contributed by atoms with E-state index in [1.54, 1.807) is 6.21 Å². The van der Waals surface area contributed by atoms with Crippen molar-refractivity contribution in [3.8, 4) is 0 Å². The second kappa shape index (κ2) is 14.5. The van der Waals surface area contributed by atoms with E-state index in [1.807, 2.05) is 0 Å². The Kier molecular flexibility index (Phi) is 13.9. The number of hydrazone groups is 1. The maximum Gasteiger partial charge on any atom is 0.240 e. The van der Waals surface area contributed by atoms with Gasteiger partial charge in [0.05, 0.1) is 0 Å². The summed E-state index contributed by atoms with van der Waals surface area (Å²) in [5, 5.41) is 3.94. The van der Waals surface area contributed by atoms with E-state index in [2.05, 4.69) is 31.3 Å². The number of hydrogen-bond donors (Lipinski definition) is 1. The van der Waals surface area contributed by atoms with Gasteiger partial charge < -0.3 is 0 Å². The van der Waals surface area contributed by atoms with Gasteiger partial charge in [-0.25, -0.2) is 5.43 Å². The Morgan fingerprint density at radius 3 is 2.10 bits per heavy atom. The van der Waals surface area contributed by atoms with E-state index in [0.29, 0.717) is 12.3 Å². The summed E-state index contributed by atoms with van der Waals surface area (Å²) >= 11 is 0. The molecule has 0 radical (unpaired) electrons. The molecule has 3 heteroatoms. The van der Waals surface area contributed by atoms with E-state index in [0.717, 1.165) is 19.3 Å². The summed E-state index contributed by atoms with van der Waals surface area (Å²) in [5.41, 5.74) is 2.59. The number of carbonyl (C=O) groups is 1. The molecule has 0 fully saturated rings. The summed E-state index contributed by atoms with van der Waals surface area (Å²) in [5.74, 6) is 0.640. The normalized spacial score (nSPS) is 11.4. The van der Waals surface area contributed by atoms with Crippen LogP contribution in [0.25, 0.3) is 0 Å². The predicted octanol–water partition coefficient (Wildman–Crippen LogP) is 5.06. The summed E-state index contributed by atoms with van der Waals surface area (Å²) in [6.45, 7) is 6.52. The molecule has 0 saturated heterocycles. The fourth-order valence-corrected chi connectivity index (χ4v) is 2.03. The molecule has 0 unspecified atom stereocenters. The van der Waals surface area contributed by atoms with Crippen LogP contribution in [-0.4, -0.2) is 12.1 Å². The van der Waals surface area contributed by atoms with E-state index in [4.69, 9.17) is 0 Å². The van der Waals surface area contributed by atoms with Gasteiger partial charge in [-0.1, -0.05) is 72.1 Å². The molecule has 1 amide bonds. The van der Waals surface area contributed by atoms with Gasteiger partial charge in [0, 0.05) is 12.6 Å². The number of amides is 1. The molecule has 118 valence electrons. The Morgan fingerprint density at radius 1 is 1.00 bits per heavy atom. The van der Waals surface area contributed by atoms with Crippen LogP contribution < -0.4 is 5.43 Å². The van der Waals surface area contributed by atoms with E-state index >= 15 is 0 Å². The highest BCUT2D eigenvalue weighted by molar-refractivity contribution is 5.76. The maximum atomic E-state index is 11.5. The van der Waals surface area contributed by atoms with Crippen molar-refractivity contribution in [1.82, 2.24) is 5.43 Å². The van der Waals surface area contributed by atoms with Crippen molar-refractivity contribution >= 4 is 12.1 Å². The number of unbranched alkanes of at least 4 members (excludes halogenated alkanes) is 8. The van der Waals surface area contributed by atoms with Crippen LogP contribution in [0.1, 0.15) is 91.4 Å². The quantitative estimate of drug-likeness (QED) is 0.286. The van der Waals surface area contributed by atoms with Crippen LogP contribution in [0.15, 0.2) is 5.10 Å². The Bertz CT molecular complexity index is 249. The highest BCUT2D eigenvalue weighted by Gasteiger charge is 1.99. The van der Waals surface area contributed by atoms with Crippen molar-refractivity contribution in [3.63, 3.8) is 0 Å². The molecule has 0 saturated carbocycles. The average Bonchev–Trinajstić information content (AvgIpc) is 2.41. The first kappa shape index (κ1) is 19.1. The van der Waals surface area contributed by atoms with Gasteiger partial charge in [-0.05, 0) is 18.8 Å². The fraction of sp³-hybridized carbons (Fsp3) is 0.882. The molecule has 0 aliphatic heterocycles. The Hall–Kier alpha value is -0.860. The summed E-state index contributed by atoms with van der Waals surface area (Å²) in [7, 11) is 0. The van der Waals surface area contributed by atoms with Crippen LogP contribution in [0.2, 0.25) is 0 Å². The minimum Gasteiger partial charge on any atom is -0.273 e. The van der Waals surface area contributed by atoms with Crippen molar-refractivity contribution in [2.45, 2.75) is 91.4 Å². The number of hydrogen-bond acceptors (Lipinski definition) is 2. The third kappa shape index (κ3) is 15.2. The second-order valence-corrected chi connectivity index (χ2v) is 6.05. The molecule has 0 aromatic heterocycles. The van der Waals surface area contributed by atoms with Crippen LogP contribution >= 0.6 is 0 Å². The summed E-state index contributed by atoms with van der Waals surface area (Å²) < 4.78 is 0. The van der Waals surface area contributed by atoms with Crippen LogP contribution in [-0.2, 0) is 4.79 Å². The zero-order valence-corrected chi connectivity index (χ0v) is 13.8. The Balaban J connectivity index is 3.25. The van der Waals surface area contributed by atoms with E-state index in [9.17, 15) is 4.79 Å². The Morgan fingerprint density at radius 2 is 1.55 bits per heavy atom. The molecule has 0 rings (SSSR count). The summed E-state index contributed by atoms with van der Waals surface area (Å²) in [6.07, 6.45) is 14.8. The second-order valence-electron chi connectivity index (χ2n) is 6.05. The third-order valence-corrected chi connectivity index (χ3v) is 3.36. The monoisotopic (exact) mass is 282 g/mol. The first-order chi connectivity index (χ1) is 9.66. The van der Waals surface area contributed by atoms with Crippen molar-refractivity contribution in [2.75, 3.05) is 0 Å². The fourth-order valence-electron chi connectivity index (χ4n) is 2.03. The first-order valence-corrected chi connectivity index (χ1v) is 8.47. The molecule has 0 spiro atoms. The van der Waals surface area contributed by atoms with E-state index in [-0.39, 0.29) is 5.91 Å². The molecular weight excluding hydrogens is 248 g/mol. The van der Waals surface area contributed by atoms with Gasteiger partial charge in [-0.2, -0.15) is 5.10 Å². The van der Waals surface area contributed by atoms with Crippen LogP contribution in [0.3, 0.4) is 0 Å².